The maximum absolute atomic E-state index is 13.2. The van der Waals surface area contributed by atoms with Crippen molar-refractivity contribution in [2.24, 2.45) is 5.92 Å². The summed E-state index contributed by atoms with van der Waals surface area (Å²) >= 11 is 0. The van der Waals surface area contributed by atoms with Crippen LogP contribution < -0.4 is 10.9 Å². The molecule has 0 spiro atoms. The molecule has 0 amide bonds. The lowest BCUT2D eigenvalue weighted by Crippen LogP contribution is -2.35. The topological polar surface area (TPSA) is 49.4 Å². The van der Waals surface area contributed by atoms with Crippen LogP contribution in [0.5, 0.6) is 0 Å². The van der Waals surface area contributed by atoms with Crippen molar-refractivity contribution in [2.45, 2.75) is 12.1 Å². The van der Waals surface area contributed by atoms with E-state index >= 15 is 0 Å². The number of halogens is 1. The Hall–Kier alpha value is -1.86. The van der Waals surface area contributed by atoms with E-state index in [-0.39, 0.29) is 17.9 Å². The Balaban J connectivity index is 1.71. The van der Waals surface area contributed by atoms with E-state index < -0.39 is 0 Å². The van der Waals surface area contributed by atoms with Crippen molar-refractivity contribution < 1.29 is 9.13 Å². The first kappa shape index (κ1) is 17.9. The van der Waals surface area contributed by atoms with Crippen molar-refractivity contribution in [3.63, 3.8) is 0 Å². The number of ether oxygens (including phenoxy) is 1. The number of hydrogen-bond acceptors (Lipinski definition) is 5. The second-order valence-corrected chi connectivity index (χ2v) is 6.48. The van der Waals surface area contributed by atoms with E-state index in [0.29, 0.717) is 12.5 Å². The number of pyridine rings is 1. The SMILES string of the molecule is COCC(c1ccccn1)N(C)CC1CNNC1c1ccc(F)cc1. The number of nitrogens with one attached hydrogen (secondary N) is 2. The molecule has 1 aliphatic heterocycles. The summed E-state index contributed by atoms with van der Waals surface area (Å²) in [5.74, 6) is 0.150. The zero-order chi connectivity index (χ0) is 17.6. The van der Waals surface area contributed by atoms with E-state index in [0.717, 1.165) is 24.3 Å². The molecule has 0 radical (unpaired) electrons. The third-order valence-corrected chi connectivity index (χ3v) is 4.73. The summed E-state index contributed by atoms with van der Waals surface area (Å²) in [5.41, 5.74) is 8.64. The van der Waals surface area contributed by atoms with Gasteiger partial charge < -0.3 is 4.74 Å². The smallest absolute Gasteiger partial charge is 0.123 e. The molecule has 3 rings (SSSR count). The molecule has 2 N–H and O–H groups in total. The number of nitrogens with zero attached hydrogens (tertiary/aromatic N) is 2. The lowest BCUT2D eigenvalue weighted by atomic mass is 9.94. The fourth-order valence-electron chi connectivity index (χ4n) is 3.40. The average molecular weight is 344 g/mol. The van der Waals surface area contributed by atoms with Gasteiger partial charge in [-0.1, -0.05) is 18.2 Å². The van der Waals surface area contributed by atoms with Gasteiger partial charge in [-0.15, -0.1) is 0 Å². The van der Waals surface area contributed by atoms with Gasteiger partial charge >= 0.3 is 0 Å². The van der Waals surface area contributed by atoms with E-state index in [4.69, 9.17) is 4.74 Å². The molecule has 0 bridgehead atoms. The molecular formula is C19H25FN4O. The van der Waals surface area contributed by atoms with E-state index in [1.807, 2.05) is 36.5 Å². The van der Waals surface area contributed by atoms with Crippen molar-refractivity contribution in [3.05, 3.63) is 65.7 Å². The van der Waals surface area contributed by atoms with Crippen LogP contribution in [0.3, 0.4) is 0 Å². The van der Waals surface area contributed by atoms with E-state index in [1.165, 1.54) is 12.1 Å². The summed E-state index contributed by atoms with van der Waals surface area (Å²) in [6.07, 6.45) is 1.81. The molecule has 2 heterocycles. The molecule has 134 valence electrons. The quantitative estimate of drug-likeness (QED) is 0.807. The molecule has 3 unspecified atom stereocenters. The summed E-state index contributed by atoms with van der Waals surface area (Å²) < 4.78 is 18.6. The minimum Gasteiger partial charge on any atom is -0.383 e. The summed E-state index contributed by atoms with van der Waals surface area (Å²) in [5, 5.41) is 0. The zero-order valence-corrected chi connectivity index (χ0v) is 14.7. The molecular weight excluding hydrogens is 319 g/mol. The molecule has 3 atom stereocenters. The number of hydrazine groups is 1. The number of rotatable bonds is 7. The summed E-state index contributed by atoms with van der Waals surface area (Å²) in [6.45, 7) is 2.31. The lowest BCUT2D eigenvalue weighted by molar-refractivity contribution is 0.0934. The van der Waals surface area contributed by atoms with Gasteiger partial charge in [0, 0.05) is 32.3 Å². The Bertz CT molecular complexity index is 652. The van der Waals surface area contributed by atoms with Crippen LogP contribution in [0.25, 0.3) is 0 Å². The maximum Gasteiger partial charge on any atom is 0.123 e. The Morgan fingerprint density at radius 1 is 1.28 bits per heavy atom. The van der Waals surface area contributed by atoms with Crippen LogP contribution in [0.1, 0.15) is 23.3 Å². The maximum atomic E-state index is 13.2. The van der Waals surface area contributed by atoms with Gasteiger partial charge in [-0.05, 0) is 36.9 Å². The number of benzene rings is 1. The first-order valence-electron chi connectivity index (χ1n) is 8.53. The van der Waals surface area contributed by atoms with Crippen LogP contribution in [0, 0.1) is 11.7 Å². The minimum absolute atomic E-state index is 0.0978. The highest BCUT2D eigenvalue weighted by Crippen LogP contribution is 2.28. The fourth-order valence-corrected chi connectivity index (χ4v) is 3.40. The monoisotopic (exact) mass is 344 g/mol. The third-order valence-electron chi connectivity index (χ3n) is 4.73. The second kappa shape index (κ2) is 8.49. The van der Waals surface area contributed by atoms with Gasteiger partial charge in [0.15, 0.2) is 0 Å². The van der Waals surface area contributed by atoms with Crippen molar-refractivity contribution in [3.8, 4) is 0 Å². The highest BCUT2D eigenvalue weighted by atomic mass is 19.1. The molecule has 5 nitrogen and oxygen atoms in total. The van der Waals surface area contributed by atoms with Crippen molar-refractivity contribution in [2.75, 3.05) is 33.9 Å². The third kappa shape index (κ3) is 4.41. The number of methoxy groups -OCH3 is 1. The molecule has 1 aromatic carbocycles. The summed E-state index contributed by atoms with van der Waals surface area (Å²) in [4.78, 5) is 6.77. The number of likely N-dealkylation sites (N-methyl/N-ethyl adjacent to an activating group) is 1. The Kier molecular flexibility index (Phi) is 6.09. The molecule has 0 aliphatic carbocycles. The highest BCUT2D eigenvalue weighted by Gasteiger charge is 2.31. The van der Waals surface area contributed by atoms with Crippen molar-refractivity contribution >= 4 is 0 Å². The van der Waals surface area contributed by atoms with Gasteiger partial charge in [-0.3, -0.25) is 15.3 Å². The summed E-state index contributed by atoms with van der Waals surface area (Å²) in [7, 11) is 3.81. The number of aromatic nitrogens is 1. The van der Waals surface area contributed by atoms with Gasteiger partial charge in [0.2, 0.25) is 0 Å². The van der Waals surface area contributed by atoms with Gasteiger partial charge in [0.25, 0.3) is 0 Å². The Morgan fingerprint density at radius 2 is 2.08 bits per heavy atom. The van der Waals surface area contributed by atoms with Crippen LogP contribution in [0.2, 0.25) is 0 Å². The molecule has 1 aromatic heterocycles. The van der Waals surface area contributed by atoms with Gasteiger partial charge in [-0.2, -0.15) is 0 Å². The van der Waals surface area contributed by atoms with E-state index in [1.54, 1.807) is 7.11 Å². The van der Waals surface area contributed by atoms with Crippen LogP contribution in [0.15, 0.2) is 48.7 Å². The largest absolute Gasteiger partial charge is 0.383 e. The predicted octanol–water partition coefficient (Wildman–Crippen LogP) is 2.31. The Labute approximate surface area is 148 Å². The van der Waals surface area contributed by atoms with Crippen LogP contribution >= 0.6 is 0 Å². The molecule has 6 heteroatoms. The molecule has 0 saturated carbocycles. The normalized spacial score (nSPS) is 21.6. The van der Waals surface area contributed by atoms with E-state index in [2.05, 4.69) is 27.8 Å². The standard InChI is InChI=1S/C19H25FN4O/c1-24(18(13-25-2)17-5-3-4-10-21-17)12-15-11-22-23-19(15)14-6-8-16(20)9-7-14/h3-10,15,18-19,22-23H,11-13H2,1-2H3. The van der Waals surface area contributed by atoms with Gasteiger partial charge in [0.05, 0.1) is 24.4 Å². The molecule has 25 heavy (non-hydrogen) atoms. The zero-order valence-electron chi connectivity index (χ0n) is 14.7. The molecule has 1 saturated heterocycles. The first-order chi connectivity index (χ1) is 12.2. The van der Waals surface area contributed by atoms with E-state index in [9.17, 15) is 4.39 Å². The molecule has 1 fully saturated rings. The highest BCUT2D eigenvalue weighted by molar-refractivity contribution is 5.22. The lowest BCUT2D eigenvalue weighted by Gasteiger charge is -2.31. The fraction of sp³-hybridized carbons (Fsp3) is 0.421. The molecule has 2 aromatic rings. The average Bonchev–Trinajstić information content (AvgIpc) is 3.09. The van der Waals surface area contributed by atoms with Gasteiger partial charge in [0.1, 0.15) is 5.82 Å². The Morgan fingerprint density at radius 3 is 2.76 bits per heavy atom. The first-order valence-corrected chi connectivity index (χ1v) is 8.53. The van der Waals surface area contributed by atoms with Crippen molar-refractivity contribution in [1.29, 1.82) is 0 Å². The van der Waals surface area contributed by atoms with Crippen molar-refractivity contribution in [1.82, 2.24) is 20.7 Å². The van der Waals surface area contributed by atoms with Gasteiger partial charge in [-0.25, -0.2) is 9.82 Å². The van der Waals surface area contributed by atoms with Crippen LogP contribution in [-0.4, -0.2) is 43.7 Å². The predicted molar refractivity (Wildman–Crippen MR) is 95.3 cm³/mol. The van der Waals surface area contributed by atoms with Crippen LogP contribution in [-0.2, 0) is 4.74 Å². The van der Waals surface area contributed by atoms with Crippen LogP contribution in [0.4, 0.5) is 4.39 Å². The second-order valence-electron chi connectivity index (χ2n) is 6.48. The number of hydrogen-bond donors (Lipinski definition) is 2. The molecule has 1 aliphatic rings. The summed E-state index contributed by atoms with van der Waals surface area (Å²) in [6, 6.07) is 12.9. The minimum atomic E-state index is -0.210.